The Balaban J connectivity index is 1.67. The van der Waals surface area contributed by atoms with Crippen molar-refractivity contribution in [1.29, 1.82) is 5.26 Å². The summed E-state index contributed by atoms with van der Waals surface area (Å²) in [7, 11) is 0. The number of nitrogens with one attached hydrogen (secondary N) is 1. The molecule has 0 bridgehead atoms. The number of aromatic nitrogens is 1. The van der Waals surface area contributed by atoms with Gasteiger partial charge in [0.15, 0.2) is 0 Å². The van der Waals surface area contributed by atoms with Crippen molar-refractivity contribution in [3.05, 3.63) is 107 Å². The van der Waals surface area contributed by atoms with Gasteiger partial charge < -0.3 is 9.88 Å². The molecule has 0 saturated heterocycles. The molecule has 5 heteroatoms. The van der Waals surface area contributed by atoms with Gasteiger partial charge in [-0.3, -0.25) is 4.79 Å². The first kappa shape index (κ1) is 20.1. The average Bonchev–Trinajstić information content (AvgIpc) is 3.11. The highest BCUT2D eigenvalue weighted by Crippen LogP contribution is 2.25. The number of hydrogen-bond acceptors (Lipinski definition) is 2. The Labute approximate surface area is 179 Å². The predicted octanol–water partition coefficient (Wildman–Crippen LogP) is 5.68. The summed E-state index contributed by atoms with van der Waals surface area (Å²) in [4.78, 5) is 12.7. The SMILES string of the molecule is Cc1cccc(NC(=O)C(C#N)=Cc2cn(Cc3ccc(F)cc3)c3ccccc23)c1. The van der Waals surface area contributed by atoms with Gasteiger partial charge >= 0.3 is 0 Å². The summed E-state index contributed by atoms with van der Waals surface area (Å²) in [5.41, 5.74) is 4.37. The summed E-state index contributed by atoms with van der Waals surface area (Å²) in [6, 6.07) is 23.6. The number of carbonyl (C=O) groups is 1. The van der Waals surface area contributed by atoms with Crippen LogP contribution in [0.4, 0.5) is 10.1 Å². The largest absolute Gasteiger partial charge is 0.342 e. The standard InChI is InChI=1S/C26H20FN3O/c1-18-5-4-6-23(13-18)29-26(31)20(15-28)14-21-17-30(25-8-3-2-7-24(21)25)16-19-9-11-22(27)12-10-19/h2-14,17H,16H2,1H3,(H,29,31). The Morgan fingerprint density at radius 2 is 1.87 bits per heavy atom. The fourth-order valence-corrected chi connectivity index (χ4v) is 3.53. The van der Waals surface area contributed by atoms with Crippen molar-refractivity contribution < 1.29 is 9.18 Å². The van der Waals surface area contributed by atoms with Gasteiger partial charge in [0.25, 0.3) is 5.91 Å². The van der Waals surface area contributed by atoms with Crippen molar-refractivity contribution in [2.45, 2.75) is 13.5 Å². The smallest absolute Gasteiger partial charge is 0.266 e. The quantitative estimate of drug-likeness (QED) is 0.340. The Morgan fingerprint density at radius 1 is 1.10 bits per heavy atom. The number of carbonyl (C=O) groups excluding carboxylic acids is 1. The van der Waals surface area contributed by atoms with E-state index in [1.165, 1.54) is 12.1 Å². The number of fused-ring (bicyclic) bond motifs is 1. The second-order valence-electron chi connectivity index (χ2n) is 7.35. The lowest BCUT2D eigenvalue weighted by Crippen LogP contribution is -2.13. The van der Waals surface area contributed by atoms with Crippen LogP contribution < -0.4 is 5.32 Å². The molecule has 1 aromatic heterocycles. The van der Waals surface area contributed by atoms with Crippen LogP contribution in [0.1, 0.15) is 16.7 Å². The molecule has 4 aromatic rings. The first-order chi connectivity index (χ1) is 15.0. The number of hydrogen-bond donors (Lipinski definition) is 1. The maximum absolute atomic E-state index is 13.2. The minimum absolute atomic E-state index is 0.0196. The van der Waals surface area contributed by atoms with Crippen LogP contribution in [-0.4, -0.2) is 10.5 Å². The highest BCUT2D eigenvalue weighted by Gasteiger charge is 2.13. The monoisotopic (exact) mass is 409 g/mol. The van der Waals surface area contributed by atoms with Gasteiger partial charge in [0.1, 0.15) is 17.5 Å². The minimum Gasteiger partial charge on any atom is -0.342 e. The summed E-state index contributed by atoms with van der Waals surface area (Å²) >= 11 is 0. The third-order valence-corrected chi connectivity index (χ3v) is 5.03. The molecule has 1 amide bonds. The fraction of sp³-hybridized carbons (Fsp3) is 0.0769. The van der Waals surface area contributed by atoms with Crippen LogP contribution in [0.3, 0.4) is 0 Å². The Hall–Kier alpha value is -4.17. The van der Waals surface area contributed by atoms with Gasteiger partial charge in [-0.05, 0) is 54.5 Å². The summed E-state index contributed by atoms with van der Waals surface area (Å²) < 4.78 is 15.3. The number of rotatable bonds is 5. The molecule has 4 nitrogen and oxygen atoms in total. The zero-order chi connectivity index (χ0) is 21.8. The maximum atomic E-state index is 13.2. The average molecular weight is 409 g/mol. The third-order valence-electron chi connectivity index (χ3n) is 5.03. The van der Waals surface area contributed by atoms with Crippen molar-refractivity contribution in [2.24, 2.45) is 0 Å². The first-order valence-corrected chi connectivity index (χ1v) is 9.85. The number of nitrogens with zero attached hydrogens (tertiary/aromatic N) is 2. The van der Waals surface area contributed by atoms with E-state index < -0.39 is 5.91 Å². The normalized spacial score (nSPS) is 11.3. The van der Waals surface area contributed by atoms with Crippen LogP contribution in [0.25, 0.3) is 17.0 Å². The van der Waals surface area contributed by atoms with Crippen molar-refractivity contribution >= 4 is 28.6 Å². The number of anilines is 1. The summed E-state index contributed by atoms with van der Waals surface area (Å²) in [5.74, 6) is -0.730. The molecule has 4 rings (SSSR count). The molecule has 0 fully saturated rings. The lowest BCUT2D eigenvalue weighted by atomic mass is 10.1. The fourth-order valence-electron chi connectivity index (χ4n) is 3.53. The number of aryl methyl sites for hydroxylation is 1. The molecular weight excluding hydrogens is 389 g/mol. The molecule has 0 spiro atoms. The van der Waals surface area contributed by atoms with Gasteiger partial charge in [-0.15, -0.1) is 0 Å². The van der Waals surface area contributed by atoms with E-state index in [9.17, 15) is 14.4 Å². The van der Waals surface area contributed by atoms with Crippen LogP contribution >= 0.6 is 0 Å². The van der Waals surface area contributed by atoms with Crippen LogP contribution in [0.2, 0.25) is 0 Å². The molecule has 0 unspecified atom stereocenters. The number of benzene rings is 3. The van der Waals surface area contributed by atoms with E-state index in [1.807, 2.05) is 66.2 Å². The topological polar surface area (TPSA) is 57.8 Å². The number of halogens is 1. The maximum Gasteiger partial charge on any atom is 0.266 e. The van der Waals surface area contributed by atoms with E-state index in [2.05, 4.69) is 5.32 Å². The van der Waals surface area contributed by atoms with E-state index in [1.54, 1.807) is 24.3 Å². The molecule has 152 valence electrons. The van der Waals surface area contributed by atoms with Crippen LogP contribution in [-0.2, 0) is 11.3 Å². The van der Waals surface area contributed by atoms with Gasteiger partial charge in [-0.25, -0.2) is 4.39 Å². The molecule has 0 aliphatic carbocycles. The van der Waals surface area contributed by atoms with E-state index in [-0.39, 0.29) is 11.4 Å². The minimum atomic E-state index is -0.455. The van der Waals surface area contributed by atoms with Crippen molar-refractivity contribution in [1.82, 2.24) is 4.57 Å². The highest BCUT2D eigenvalue weighted by atomic mass is 19.1. The molecule has 1 heterocycles. The zero-order valence-corrected chi connectivity index (χ0v) is 17.0. The Morgan fingerprint density at radius 3 is 2.61 bits per heavy atom. The van der Waals surface area contributed by atoms with Gasteiger partial charge in [-0.1, -0.05) is 42.5 Å². The molecule has 0 radical (unpaired) electrons. The van der Waals surface area contributed by atoms with Gasteiger partial charge in [0, 0.05) is 34.9 Å². The molecule has 1 N–H and O–H groups in total. The van der Waals surface area contributed by atoms with Crippen LogP contribution in [0.5, 0.6) is 0 Å². The molecular formula is C26H20FN3O. The molecule has 0 aliphatic rings. The lowest BCUT2D eigenvalue weighted by molar-refractivity contribution is -0.112. The Kier molecular flexibility index (Phi) is 5.63. The van der Waals surface area contributed by atoms with Crippen molar-refractivity contribution in [3.63, 3.8) is 0 Å². The van der Waals surface area contributed by atoms with Gasteiger partial charge in [0.2, 0.25) is 0 Å². The molecule has 3 aromatic carbocycles. The number of nitriles is 1. The van der Waals surface area contributed by atoms with Gasteiger partial charge in [0.05, 0.1) is 0 Å². The molecule has 0 aliphatic heterocycles. The van der Waals surface area contributed by atoms with Crippen LogP contribution in [0.15, 0.2) is 84.6 Å². The highest BCUT2D eigenvalue weighted by molar-refractivity contribution is 6.10. The molecule has 0 saturated carbocycles. The summed E-state index contributed by atoms with van der Waals surface area (Å²) in [6.07, 6.45) is 3.51. The first-order valence-electron chi connectivity index (χ1n) is 9.85. The zero-order valence-electron chi connectivity index (χ0n) is 17.0. The second-order valence-corrected chi connectivity index (χ2v) is 7.35. The van der Waals surface area contributed by atoms with Gasteiger partial charge in [-0.2, -0.15) is 5.26 Å². The molecule has 31 heavy (non-hydrogen) atoms. The lowest BCUT2D eigenvalue weighted by Gasteiger charge is -2.05. The number of para-hydroxylation sites is 1. The second kappa shape index (κ2) is 8.68. The predicted molar refractivity (Wildman–Crippen MR) is 121 cm³/mol. The van der Waals surface area contributed by atoms with E-state index in [4.69, 9.17) is 0 Å². The van der Waals surface area contributed by atoms with E-state index >= 15 is 0 Å². The molecule has 0 atom stereocenters. The van der Waals surface area contributed by atoms with Crippen molar-refractivity contribution in [2.75, 3.05) is 5.32 Å². The van der Waals surface area contributed by atoms with E-state index in [0.717, 1.165) is 27.6 Å². The summed E-state index contributed by atoms with van der Waals surface area (Å²) in [6.45, 7) is 2.48. The van der Waals surface area contributed by atoms with Crippen LogP contribution in [0, 0.1) is 24.1 Å². The summed E-state index contributed by atoms with van der Waals surface area (Å²) in [5, 5.41) is 13.3. The Bertz CT molecular complexity index is 1330. The van der Waals surface area contributed by atoms with Crippen molar-refractivity contribution in [3.8, 4) is 6.07 Å². The van der Waals surface area contributed by atoms with E-state index in [0.29, 0.717) is 12.2 Å². The number of amides is 1. The third kappa shape index (κ3) is 4.54.